The number of halogens is 1. The van der Waals surface area contributed by atoms with Gasteiger partial charge < -0.3 is 4.74 Å². The number of hydrogen-bond acceptors (Lipinski definition) is 3. The Hall–Kier alpha value is 0.200. The molecule has 1 aliphatic carbocycles. The van der Waals surface area contributed by atoms with Crippen molar-refractivity contribution in [1.29, 1.82) is 0 Å². The van der Waals surface area contributed by atoms with Crippen molar-refractivity contribution in [1.82, 2.24) is 0 Å². The summed E-state index contributed by atoms with van der Waals surface area (Å²) >= 11 is 0. The third-order valence-corrected chi connectivity index (χ3v) is 4.36. The zero-order valence-electron chi connectivity index (χ0n) is 7.70. The third-order valence-electron chi connectivity index (χ3n) is 2.38. The quantitative estimate of drug-likeness (QED) is 0.691. The van der Waals surface area contributed by atoms with Crippen LogP contribution in [0.15, 0.2) is 0 Å². The molecule has 5 heteroatoms. The zero-order chi connectivity index (χ0) is 9.90. The topological polar surface area (TPSA) is 43.4 Å². The van der Waals surface area contributed by atoms with E-state index in [9.17, 15) is 8.42 Å². The van der Waals surface area contributed by atoms with Gasteiger partial charge in [-0.25, -0.2) is 8.42 Å². The number of rotatable bonds is 3. The predicted octanol–water partition coefficient (Wildman–Crippen LogP) is 1.90. The van der Waals surface area contributed by atoms with Gasteiger partial charge in [-0.05, 0) is 32.6 Å². The molecule has 0 radical (unpaired) electrons. The molecule has 78 valence electrons. The van der Waals surface area contributed by atoms with Crippen LogP contribution in [0.25, 0.3) is 0 Å². The van der Waals surface area contributed by atoms with E-state index in [-0.39, 0.29) is 6.10 Å². The van der Waals surface area contributed by atoms with E-state index >= 15 is 0 Å². The molecule has 2 unspecified atom stereocenters. The van der Waals surface area contributed by atoms with Crippen molar-refractivity contribution in [3.8, 4) is 0 Å². The first-order valence-electron chi connectivity index (χ1n) is 4.59. The van der Waals surface area contributed by atoms with Crippen molar-refractivity contribution in [3.63, 3.8) is 0 Å². The molecule has 0 spiro atoms. The second-order valence-corrected chi connectivity index (χ2v) is 6.25. The first-order chi connectivity index (χ1) is 6.04. The molecule has 13 heavy (non-hydrogen) atoms. The van der Waals surface area contributed by atoms with Crippen LogP contribution in [-0.2, 0) is 13.8 Å². The lowest BCUT2D eigenvalue weighted by atomic mass is 9.97. The Morgan fingerprint density at radius 2 is 2.15 bits per heavy atom. The molecular formula is C8H15ClO3S. The fourth-order valence-electron chi connectivity index (χ4n) is 1.74. The van der Waals surface area contributed by atoms with Gasteiger partial charge in [0.15, 0.2) is 0 Å². The summed E-state index contributed by atoms with van der Waals surface area (Å²) in [5.74, 6) is 0. The summed E-state index contributed by atoms with van der Waals surface area (Å²) in [6.07, 6.45) is 3.16. The largest absolute Gasteiger partial charge is 0.378 e. The number of ether oxygens (including phenoxy) is 1. The highest BCUT2D eigenvalue weighted by Crippen LogP contribution is 2.27. The molecule has 0 N–H and O–H groups in total. The SMILES string of the molecule is CCOC1CCCC(S(=O)(=O)Cl)C1. The van der Waals surface area contributed by atoms with Gasteiger partial charge in [0.05, 0.1) is 11.4 Å². The standard InChI is InChI=1S/C8H15ClO3S/c1-2-12-7-4-3-5-8(6-7)13(9,10)11/h7-8H,2-6H2,1H3. The average Bonchev–Trinajstić information content (AvgIpc) is 2.04. The van der Waals surface area contributed by atoms with Crippen molar-refractivity contribution in [2.75, 3.05) is 6.61 Å². The van der Waals surface area contributed by atoms with Gasteiger partial charge in [-0.15, -0.1) is 0 Å². The van der Waals surface area contributed by atoms with E-state index in [1.165, 1.54) is 0 Å². The maximum absolute atomic E-state index is 11.0. The maximum atomic E-state index is 11.0. The molecule has 1 fully saturated rings. The molecule has 2 atom stereocenters. The molecule has 0 bridgehead atoms. The summed E-state index contributed by atoms with van der Waals surface area (Å²) in [7, 11) is 1.91. The van der Waals surface area contributed by atoms with Crippen LogP contribution in [0.5, 0.6) is 0 Å². The molecule has 0 aromatic heterocycles. The molecule has 0 aromatic carbocycles. The highest BCUT2D eigenvalue weighted by Gasteiger charge is 2.30. The van der Waals surface area contributed by atoms with Crippen LogP contribution in [0.2, 0.25) is 0 Å². The van der Waals surface area contributed by atoms with Gasteiger partial charge in [0, 0.05) is 17.3 Å². The molecular weight excluding hydrogens is 212 g/mol. The summed E-state index contributed by atoms with van der Waals surface area (Å²) < 4.78 is 27.5. The molecule has 3 nitrogen and oxygen atoms in total. The minimum absolute atomic E-state index is 0.0808. The van der Waals surface area contributed by atoms with Gasteiger partial charge in [0.1, 0.15) is 0 Å². The van der Waals surface area contributed by atoms with Crippen LogP contribution in [0.3, 0.4) is 0 Å². The Morgan fingerprint density at radius 1 is 1.46 bits per heavy atom. The smallest absolute Gasteiger partial charge is 0.235 e. The van der Waals surface area contributed by atoms with Crippen molar-refractivity contribution in [2.24, 2.45) is 0 Å². The predicted molar refractivity (Wildman–Crippen MR) is 52.4 cm³/mol. The first-order valence-corrected chi connectivity index (χ1v) is 6.96. The molecule has 0 saturated heterocycles. The van der Waals surface area contributed by atoms with Crippen LogP contribution in [-0.4, -0.2) is 26.4 Å². The Balaban J connectivity index is 2.52. The Bertz CT molecular complexity index is 248. The number of hydrogen-bond donors (Lipinski definition) is 0. The van der Waals surface area contributed by atoms with Crippen molar-refractivity contribution >= 4 is 19.7 Å². The fraction of sp³-hybridized carbons (Fsp3) is 1.00. The van der Waals surface area contributed by atoms with Crippen LogP contribution >= 0.6 is 10.7 Å². The zero-order valence-corrected chi connectivity index (χ0v) is 9.27. The minimum atomic E-state index is -3.38. The van der Waals surface area contributed by atoms with Gasteiger partial charge in [0.2, 0.25) is 9.05 Å². The molecule has 0 aliphatic heterocycles. The normalized spacial score (nSPS) is 30.3. The van der Waals surface area contributed by atoms with Crippen molar-refractivity contribution < 1.29 is 13.2 Å². The molecule has 1 saturated carbocycles. The molecule has 0 heterocycles. The molecule has 1 aliphatic rings. The van der Waals surface area contributed by atoms with E-state index in [0.717, 1.165) is 12.8 Å². The Morgan fingerprint density at radius 3 is 2.69 bits per heavy atom. The van der Waals surface area contributed by atoms with E-state index in [0.29, 0.717) is 19.4 Å². The van der Waals surface area contributed by atoms with Gasteiger partial charge in [-0.1, -0.05) is 0 Å². The third kappa shape index (κ3) is 3.44. The van der Waals surface area contributed by atoms with E-state index in [1.807, 2.05) is 6.92 Å². The summed E-state index contributed by atoms with van der Waals surface area (Å²) in [6, 6.07) is 0. The lowest BCUT2D eigenvalue weighted by Crippen LogP contribution is -2.29. The van der Waals surface area contributed by atoms with Crippen LogP contribution < -0.4 is 0 Å². The summed E-state index contributed by atoms with van der Waals surface area (Å²) in [6.45, 7) is 2.55. The van der Waals surface area contributed by atoms with Gasteiger partial charge in [-0.3, -0.25) is 0 Å². The van der Waals surface area contributed by atoms with Crippen molar-refractivity contribution in [3.05, 3.63) is 0 Å². The van der Waals surface area contributed by atoms with Gasteiger partial charge >= 0.3 is 0 Å². The van der Waals surface area contributed by atoms with Crippen LogP contribution in [0.1, 0.15) is 32.6 Å². The summed E-state index contributed by atoms with van der Waals surface area (Å²) in [4.78, 5) is 0. The second-order valence-electron chi connectivity index (χ2n) is 3.34. The lowest BCUT2D eigenvalue weighted by molar-refractivity contribution is 0.0379. The van der Waals surface area contributed by atoms with E-state index in [1.54, 1.807) is 0 Å². The van der Waals surface area contributed by atoms with E-state index in [2.05, 4.69) is 0 Å². The Labute approximate surface area is 83.8 Å². The molecule has 0 aromatic rings. The summed E-state index contributed by atoms with van der Waals surface area (Å²) in [5, 5.41) is -0.403. The minimum Gasteiger partial charge on any atom is -0.378 e. The van der Waals surface area contributed by atoms with Gasteiger partial charge in [0.25, 0.3) is 0 Å². The highest BCUT2D eigenvalue weighted by atomic mass is 35.7. The van der Waals surface area contributed by atoms with Crippen LogP contribution in [0.4, 0.5) is 0 Å². The highest BCUT2D eigenvalue weighted by molar-refractivity contribution is 8.14. The monoisotopic (exact) mass is 226 g/mol. The fourth-order valence-corrected chi connectivity index (χ4v) is 3.12. The summed E-state index contributed by atoms with van der Waals surface area (Å²) in [5.41, 5.74) is 0. The van der Waals surface area contributed by atoms with E-state index in [4.69, 9.17) is 15.4 Å². The van der Waals surface area contributed by atoms with Crippen LogP contribution in [0, 0.1) is 0 Å². The van der Waals surface area contributed by atoms with Crippen molar-refractivity contribution in [2.45, 2.75) is 44.0 Å². The van der Waals surface area contributed by atoms with Gasteiger partial charge in [-0.2, -0.15) is 0 Å². The lowest BCUT2D eigenvalue weighted by Gasteiger charge is -2.26. The second kappa shape index (κ2) is 4.62. The van der Waals surface area contributed by atoms with E-state index < -0.39 is 14.3 Å². The molecule has 0 amide bonds. The first kappa shape index (κ1) is 11.3. The molecule has 1 rings (SSSR count). The Kier molecular flexibility index (Phi) is 4.01. The maximum Gasteiger partial charge on any atom is 0.235 e. The average molecular weight is 227 g/mol.